The maximum Gasteiger partial charge on any atom is 0.0638 e. The first-order chi connectivity index (χ1) is 7.94. The van der Waals surface area contributed by atoms with E-state index in [4.69, 9.17) is 28.5 Å². The Labute approximate surface area is 113 Å². The van der Waals surface area contributed by atoms with Crippen molar-refractivity contribution in [2.45, 2.75) is 26.7 Å². The Hall–Kier alpha value is -0.910. The molecule has 1 aromatic rings. The Bertz CT molecular complexity index is 422. The Balaban J connectivity index is 2.61. The van der Waals surface area contributed by atoms with E-state index in [-0.39, 0.29) is 5.41 Å². The summed E-state index contributed by atoms with van der Waals surface area (Å²) in [6.45, 7) is 5.00. The van der Waals surface area contributed by atoms with Gasteiger partial charge in [-0.3, -0.25) is 0 Å². The van der Waals surface area contributed by atoms with Gasteiger partial charge >= 0.3 is 0 Å². The van der Waals surface area contributed by atoms with Gasteiger partial charge in [0.1, 0.15) is 0 Å². The number of nitrogens with zero attached hydrogens (tertiary/aromatic N) is 1. The standard InChI is InChI=1S/C13H16Cl2N2/c1-13(2,6-3-7-16)9-17-12-8-10(14)4-5-11(12)15/h4-5,8,17H,3,6,9H2,1-2H3. The highest BCUT2D eigenvalue weighted by Crippen LogP contribution is 2.28. The minimum Gasteiger partial charge on any atom is -0.383 e. The molecular weight excluding hydrogens is 255 g/mol. The molecule has 17 heavy (non-hydrogen) atoms. The third kappa shape index (κ3) is 4.85. The molecule has 0 spiro atoms. The Morgan fingerprint density at radius 1 is 1.35 bits per heavy atom. The first kappa shape index (κ1) is 14.2. The molecule has 0 unspecified atom stereocenters. The Morgan fingerprint density at radius 2 is 2.06 bits per heavy atom. The molecule has 1 N–H and O–H groups in total. The number of benzene rings is 1. The van der Waals surface area contributed by atoms with E-state index in [2.05, 4.69) is 25.2 Å². The van der Waals surface area contributed by atoms with Gasteiger partial charge in [0.2, 0.25) is 0 Å². The number of nitriles is 1. The number of hydrogen-bond acceptors (Lipinski definition) is 2. The second-order valence-corrected chi connectivity index (χ2v) is 5.64. The lowest BCUT2D eigenvalue weighted by molar-refractivity contribution is 0.364. The summed E-state index contributed by atoms with van der Waals surface area (Å²) >= 11 is 12.0. The largest absolute Gasteiger partial charge is 0.383 e. The van der Waals surface area contributed by atoms with Gasteiger partial charge in [0, 0.05) is 18.0 Å². The van der Waals surface area contributed by atoms with Gasteiger partial charge in [0.05, 0.1) is 16.8 Å². The van der Waals surface area contributed by atoms with Crippen molar-refractivity contribution in [2.75, 3.05) is 11.9 Å². The van der Waals surface area contributed by atoms with E-state index in [1.54, 1.807) is 12.1 Å². The van der Waals surface area contributed by atoms with Crippen molar-refractivity contribution in [3.05, 3.63) is 28.2 Å². The zero-order valence-electron chi connectivity index (χ0n) is 10.1. The van der Waals surface area contributed by atoms with Crippen LogP contribution in [0.4, 0.5) is 5.69 Å². The normalized spacial score (nSPS) is 11.0. The Morgan fingerprint density at radius 3 is 2.71 bits per heavy atom. The summed E-state index contributed by atoms with van der Waals surface area (Å²) in [6, 6.07) is 7.51. The molecule has 0 fully saturated rings. The van der Waals surface area contributed by atoms with Gasteiger partial charge in [-0.25, -0.2) is 0 Å². The molecule has 0 aliphatic carbocycles. The highest BCUT2D eigenvalue weighted by atomic mass is 35.5. The second kappa shape index (κ2) is 6.14. The molecule has 1 aromatic carbocycles. The van der Waals surface area contributed by atoms with Crippen LogP contribution in [0.25, 0.3) is 0 Å². The molecule has 0 radical (unpaired) electrons. The van der Waals surface area contributed by atoms with E-state index >= 15 is 0 Å². The van der Waals surface area contributed by atoms with Crippen LogP contribution in [-0.4, -0.2) is 6.54 Å². The van der Waals surface area contributed by atoms with Crippen molar-refractivity contribution in [2.24, 2.45) is 5.41 Å². The minimum atomic E-state index is 0.0569. The molecule has 0 heterocycles. The van der Waals surface area contributed by atoms with Crippen LogP contribution in [0, 0.1) is 16.7 Å². The van der Waals surface area contributed by atoms with Gasteiger partial charge < -0.3 is 5.32 Å². The molecular formula is C13H16Cl2N2. The molecule has 0 aromatic heterocycles. The zero-order valence-corrected chi connectivity index (χ0v) is 11.6. The fourth-order valence-corrected chi connectivity index (χ4v) is 1.81. The van der Waals surface area contributed by atoms with Crippen molar-refractivity contribution < 1.29 is 0 Å². The molecule has 0 atom stereocenters. The average Bonchev–Trinajstić information content (AvgIpc) is 2.28. The van der Waals surface area contributed by atoms with E-state index in [1.807, 2.05) is 6.07 Å². The van der Waals surface area contributed by atoms with Gasteiger partial charge in [0.25, 0.3) is 0 Å². The average molecular weight is 271 g/mol. The smallest absolute Gasteiger partial charge is 0.0638 e. The molecule has 0 bridgehead atoms. The van der Waals surface area contributed by atoms with E-state index in [9.17, 15) is 0 Å². The van der Waals surface area contributed by atoms with E-state index < -0.39 is 0 Å². The highest BCUT2D eigenvalue weighted by Gasteiger charge is 2.17. The maximum atomic E-state index is 8.59. The van der Waals surface area contributed by atoms with Crippen molar-refractivity contribution >= 4 is 28.9 Å². The van der Waals surface area contributed by atoms with Crippen LogP contribution in [0.1, 0.15) is 26.7 Å². The fourth-order valence-electron chi connectivity index (χ4n) is 1.45. The monoisotopic (exact) mass is 270 g/mol. The summed E-state index contributed by atoms with van der Waals surface area (Å²) < 4.78 is 0. The predicted molar refractivity (Wildman–Crippen MR) is 73.6 cm³/mol. The number of halogens is 2. The van der Waals surface area contributed by atoms with Crippen molar-refractivity contribution in [3.8, 4) is 6.07 Å². The SMILES string of the molecule is CC(C)(CCC#N)CNc1cc(Cl)ccc1Cl. The quantitative estimate of drug-likeness (QED) is 0.839. The molecule has 0 amide bonds. The van der Waals surface area contributed by atoms with Gasteiger partial charge in [-0.05, 0) is 30.0 Å². The van der Waals surface area contributed by atoms with Crippen LogP contribution in [0.3, 0.4) is 0 Å². The van der Waals surface area contributed by atoms with Gasteiger partial charge in [-0.2, -0.15) is 5.26 Å². The fraction of sp³-hybridized carbons (Fsp3) is 0.462. The summed E-state index contributed by atoms with van der Waals surface area (Å²) in [6.07, 6.45) is 1.42. The summed E-state index contributed by atoms with van der Waals surface area (Å²) in [5.41, 5.74) is 0.894. The first-order valence-corrected chi connectivity index (χ1v) is 6.26. The highest BCUT2D eigenvalue weighted by molar-refractivity contribution is 6.35. The molecule has 0 aliphatic heterocycles. The van der Waals surface area contributed by atoms with Gasteiger partial charge in [-0.15, -0.1) is 0 Å². The summed E-state index contributed by atoms with van der Waals surface area (Å²) in [5.74, 6) is 0. The van der Waals surface area contributed by atoms with Crippen LogP contribution in [0.15, 0.2) is 18.2 Å². The lowest BCUT2D eigenvalue weighted by atomic mass is 9.88. The van der Waals surface area contributed by atoms with Gasteiger partial charge in [0.15, 0.2) is 0 Å². The maximum absolute atomic E-state index is 8.59. The second-order valence-electron chi connectivity index (χ2n) is 4.80. The zero-order chi connectivity index (χ0) is 12.9. The predicted octanol–water partition coefficient (Wildman–Crippen LogP) is 4.74. The lowest BCUT2D eigenvalue weighted by Gasteiger charge is -2.24. The molecule has 0 aliphatic rings. The molecule has 92 valence electrons. The number of rotatable bonds is 5. The molecule has 0 saturated heterocycles. The summed E-state index contributed by atoms with van der Waals surface area (Å²) in [5, 5.41) is 13.2. The van der Waals surface area contributed by atoms with Crippen molar-refractivity contribution in [3.63, 3.8) is 0 Å². The van der Waals surface area contributed by atoms with Crippen molar-refractivity contribution in [1.29, 1.82) is 5.26 Å². The summed E-state index contributed by atoms with van der Waals surface area (Å²) in [7, 11) is 0. The molecule has 2 nitrogen and oxygen atoms in total. The van der Waals surface area contributed by atoms with Crippen LogP contribution in [-0.2, 0) is 0 Å². The summed E-state index contributed by atoms with van der Waals surface area (Å²) in [4.78, 5) is 0. The third-order valence-corrected chi connectivity index (χ3v) is 3.16. The van der Waals surface area contributed by atoms with E-state index in [0.717, 1.165) is 18.7 Å². The van der Waals surface area contributed by atoms with E-state index in [1.165, 1.54) is 0 Å². The first-order valence-electron chi connectivity index (χ1n) is 5.50. The minimum absolute atomic E-state index is 0.0569. The van der Waals surface area contributed by atoms with Crippen LogP contribution >= 0.6 is 23.2 Å². The number of nitrogens with one attached hydrogen (secondary N) is 1. The number of anilines is 1. The van der Waals surface area contributed by atoms with E-state index in [0.29, 0.717) is 16.5 Å². The molecule has 4 heteroatoms. The van der Waals surface area contributed by atoms with Gasteiger partial charge in [-0.1, -0.05) is 37.0 Å². The van der Waals surface area contributed by atoms with Crippen LogP contribution < -0.4 is 5.32 Å². The topological polar surface area (TPSA) is 35.8 Å². The third-order valence-electron chi connectivity index (χ3n) is 2.60. The Kier molecular flexibility index (Phi) is 5.11. The lowest BCUT2D eigenvalue weighted by Crippen LogP contribution is -2.23. The molecule has 0 saturated carbocycles. The number of hydrogen-bond donors (Lipinski definition) is 1. The molecule has 1 rings (SSSR count). The van der Waals surface area contributed by atoms with Crippen LogP contribution in [0.2, 0.25) is 10.0 Å². The van der Waals surface area contributed by atoms with Crippen molar-refractivity contribution in [1.82, 2.24) is 0 Å². The van der Waals surface area contributed by atoms with Crippen LogP contribution in [0.5, 0.6) is 0 Å².